The van der Waals surface area contributed by atoms with Gasteiger partial charge in [0.1, 0.15) is 17.3 Å². The molecule has 1 amide bonds. The van der Waals surface area contributed by atoms with E-state index in [2.05, 4.69) is 0 Å². The summed E-state index contributed by atoms with van der Waals surface area (Å²) in [5, 5.41) is 24.2. The number of amides is 1. The number of esters is 1. The smallest absolute Gasteiger partial charge is 0.379 e. The zero-order chi connectivity index (χ0) is 29.9. The Labute approximate surface area is 228 Å². The minimum absolute atomic E-state index is 0.0198. The van der Waals surface area contributed by atoms with Crippen LogP contribution in [-0.4, -0.2) is 57.9 Å². The molecule has 5 N–H and O–H groups in total. The fourth-order valence-electron chi connectivity index (χ4n) is 3.10. The molecule has 0 fully saturated rings. The van der Waals surface area contributed by atoms with E-state index in [9.17, 15) is 28.3 Å². The second-order valence-electron chi connectivity index (χ2n) is 8.49. The van der Waals surface area contributed by atoms with Crippen LogP contribution < -0.4 is 10.5 Å². The van der Waals surface area contributed by atoms with Crippen molar-refractivity contribution in [3.8, 4) is 5.75 Å². The lowest BCUT2D eigenvalue weighted by Crippen LogP contribution is -2.33. The number of aliphatic hydroxyl groups excluding tert-OH is 1. The number of rotatable bonds is 10. The second kappa shape index (κ2) is 14.4. The highest BCUT2D eigenvalue weighted by Crippen LogP contribution is 2.18. The Morgan fingerprint density at radius 2 is 1.68 bits per heavy atom. The maximum absolute atomic E-state index is 12.9. The molecule has 0 aliphatic carbocycles. The third-order valence-corrected chi connectivity index (χ3v) is 5.15. The van der Waals surface area contributed by atoms with Crippen molar-refractivity contribution in [3.63, 3.8) is 0 Å². The van der Waals surface area contributed by atoms with Crippen molar-refractivity contribution in [2.45, 2.75) is 26.3 Å². The summed E-state index contributed by atoms with van der Waals surface area (Å²) < 4.78 is 33.3. The number of hydrogen-bond acceptors (Lipinski definition) is 7. The van der Waals surface area contributed by atoms with E-state index in [-0.39, 0.29) is 36.4 Å². The van der Waals surface area contributed by atoms with E-state index in [1.807, 2.05) is 30.3 Å². The summed E-state index contributed by atoms with van der Waals surface area (Å²) in [6, 6.07) is 18.7. The first kappa shape index (κ1) is 31.4. The molecule has 0 bridgehead atoms. The van der Waals surface area contributed by atoms with Gasteiger partial charge in [-0.05, 0) is 55.0 Å². The first-order chi connectivity index (χ1) is 18.8. The maximum atomic E-state index is 12.9. The zero-order valence-electron chi connectivity index (χ0n) is 21.8. The zero-order valence-corrected chi connectivity index (χ0v) is 21.8. The third-order valence-electron chi connectivity index (χ3n) is 5.15. The van der Waals surface area contributed by atoms with Crippen LogP contribution in [0.25, 0.3) is 6.08 Å². The molecule has 0 atom stereocenters. The molecule has 12 heteroatoms. The van der Waals surface area contributed by atoms with Crippen molar-refractivity contribution >= 4 is 29.8 Å². The van der Waals surface area contributed by atoms with E-state index < -0.39 is 17.9 Å². The minimum atomic E-state index is -3.58. The van der Waals surface area contributed by atoms with Gasteiger partial charge in [0.15, 0.2) is 0 Å². The first-order valence-corrected chi connectivity index (χ1v) is 11.8. The Hall–Kier alpha value is -4.84. The highest BCUT2D eigenvalue weighted by molar-refractivity contribution is 5.97. The number of nitrogens with zero attached hydrogens (tertiary/aromatic N) is 1. The predicted octanol–water partition coefficient (Wildman–Crippen LogP) is 3.93. The molecule has 40 heavy (non-hydrogen) atoms. The van der Waals surface area contributed by atoms with E-state index in [0.717, 1.165) is 5.56 Å². The quantitative estimate of drug-likeness (QED) is 0.0956. The number of alkyl halides is 2. The van der Waals surface area contributed by atoms with Gasteiger partial charge in [-0.1, -0.05) is 30.3 Å². The van der Waals surface area contributed by atoms with E-state index in [4.69, 9.17) is 25.4 Å². The largest absolute Gasteiger partial charge is 0.477 e. The van der Waals surface area contributed by atoms with Crippen molar-refractivity contribution in [1.29, 1.82) is 5.41 Å². The molecule has 2 aromatic carbocycles. The lowest BCUT2D eigenvalue weighted by Gasteiger charge is -2.22. The van der Waals surface area contributed by atoms with Crippen LogP contribution in [0.4, 0.5) is 8.78 Å². The highest BCUT2D eigenvalue weighted by Gasteiger charge is 2.31. The Morgan fingerprint density at radius 1 is 1.07 bits per heavy atom. The van der Waals surface area contributed by atoms with E-state index >= 15 is 0 Å². The second-order valence-corrected chi connectivity index (χ2v) is 8.49. The Bertz CT molecular complexity index is 1350. The number of hydrogen-bond donors (Lipinski definition) is 4. The Kier molecular flexibility index (Phi) is 11.3. The molecule has 0 aliphatic heterocycles. The molecular formula is C28H29F2N3O7. The minimum Gasteiger partial charge on any atom is -0.477 e. The number of ether oxygens (including phenoxy) is 1. The fourth-order valence-corrected chi connectivity index (χ4v) is 3.10. The molecule has 1 aromatic heterocycles. The SMILES string of the molecule is C/C(=C\c1ccc(C(=O)Oc2ccc(C(=N)N)cc2)o1)C(=O)N(CCO)Cc1ccccc1.CC(F)(F)C(=O)O. The van der Waals surface area contributed by atoms with Crippen molar-refractivity contribution in [2.75, 3.05) is 13.2 Å². The summed E-state index contributed by atoms with van der Waals surface area (Å²) in [5.74, 6) is -6.12. The average molecular weight is 558 g/mol. The number of halogens is 2. The first-order valence-electron chi connectivity index (χ1n) is 11.8. The number of aliphatic hydroxyl groups is 1. The van der Waals surface area contributed by atoms with Gasteiger partial charge >= 0.3 is 17.9 Å². The fraction of sp³-hybridized carbons (Fsp3) is 0.214. The van der Waals surface area contributed by atoms with E-state index in [1.54, 1.807) is 30.0 Å². The van der Waals surface area contributed by atoms with Gasteiger partial charge in [-0.15, -0.1) is 0 Å². The molecular weight excluding hydrogens is 528 g/mol. The van der Waals surface area contributed by atoms with E-state index in [0.29, 0.717) is 30.4 Å². The molecule has 10 nitrogen and oxygen atoms in total. The van der Waals surface area contributed by atoms with Gasteiger partial charge in [-0.3, -0.25) is 10.2 Å². The summed E-state index contributed by atoms with van der Waals surface area (Å²) in [4.78, 5) is 36.1. The van der Waals surface area contributed by atoms with Gasteiger partial charge in [0.2, 0.25) is 11.7 Å². The van der Waals surface area contributed by atoms with Crippen LogP contribution in [0, 0.1) is 5.41 Å². The summed E-state index contributed by atoms with van der Waals surface area (Å²) in [6.07, 6.45) is 1.54. The lowest BCUT2D eigenvalue weighted by molar-refractivity contribution is -0.161. The van der Waals surface area contributed by atoms with Crippen LogP contribution in [0.3, 0.4) is 0 Å². The molecule has 0 radical (unpaired) electrons. The lowest BCUT2D eigenvalue weighted by atomic mass is 10.1. The van der Waals surface area contributed by atoms with E-state index in [1.165, 1.54) is 24.3 Å². The van der Waals surface area contributed by atoms with Crippen LogP contribution in [0.5, 0.6) is 5.75 Å². The van der Waals surface area contributed by atoms with Gasteiger partial charge in [0, 0.05) is 31.1 Å². The third kappa shape index (κ3) is 9.80. The molecule has 0 saturated heterocycles. The number of aliphatic carboxylic acids is 1. The van der Waals surface area contributed by atoms with Crippen molar-refractivity contribution < 1.29 is 42.5 Å². The highest BCUT2D eigenvalue weighted by atomic mass is 19.3. The standard InChI is InChI=1S/C25H25N3O5.C3H4F2O2/c1-17(24(30)28(13-14-29)16-18-5-3-2-4-6-18)15-21-11-12-22(32-21)25(31)33-20-9-7-19(8-10-20)23(26)27;1-3(4,5)2(6)7/h2-12,15,29H,13-14,16H2,1H3,(H3,26,27);1H3,(H,6,7)/b17-15+;. The Balaban J connectivity index is 0.000000708. The summed E-state index contributed by atoms with van der Waals surface area (Å²) in [7, 11) is 0. The average Bonchev–Trinajstić information content (AvgIpc) is 3.37. The number of nitrogens with two attached hydrogens (primary N) is 1. The number of carboxylic acids is 1. The van der Waals surface area contributed by atoms with Crippen LogP contribution >= 0.6 is 0 Å². The molecule has 0 aliphatic rings. The molecule has 0 unspecified atom stereocenters. The summed E-state index contributed by atoms with van der Waals surface area (Å²) in [5.41, 5.74) is 7.27. The van der Waals surface area contributed by atoms with Crippen LogP contribution in [0.2, 0.25) is 0 Å². The number of furan rings is 1. The monoisotopic (exact) mass is 557 g/mol. The predicted molar refractivity (Wildman–Crippen MR) is 142 cm³/mol. The van der Waals surface area contributed by atoms with Crippen LogP contribution in [0.1, 0.15) is 41.3 Å². The molecule has 3 rings (SSSR count). The number of carbonyl (C=O) groups is 3. The Morgan fingerprint density at radius 3 is 2.20 bits per heavy atom. The van der Waals surface area contributed by atoms with Gasteiger partial charge < -0.3 is 30.0 Å². The van der Waals surface area contributed by atoms with Gasteiger partial charge in [0.25, 0.3) is 0 Å². The molecule has 1 heterocycles. The molecule has 0 saturated carbocycles. The molecule has 0 spiro atoms. The van der Waals surface area contributed by atoms with Crippen molar-refractivity contribution in [1.82, 2.24) is 4.90 Å². The topological polar surface area (TPSA) is 167 Å². The number of amidine groups is 1. The summed E-state index contributed by atoms with van der Waals surface area (Å²) >= 11 is 0. The summed E-state index contributed by atoms with van der Waals surface area (Å²) in [6.45, 7) is 2.38. The van der Waals surface area contributed by atoms with Crippen LogP contribution in [-0.2, 0) is 16.1 Å². The van der Waals surface area contributed by atoms with Gasteiger partial charge in [-0.2, -0.15) is 8.78 Å². The number of nitrogen functional groups attached to an aromatic ring is 1. The van der Waals surface area contributed by atoms with Crippen LogP contribution in [0.15, 0.2) is 76.7 Å². The van der Waals surface area contributed by atoms with Gasteiger partial charge in [0.05, 0.1) is 6.61 Å². The number of carbonyl (C=O) groups excluding carboxylic acids is 2. The molecule has 3 aromatic rings. The van der Waals surface area contributed by atoms with Crippen molar-refractivity contribution in [3.05, 3.63) is 95.0 Å². The van der Waals surface area contributed by atoms with Crippen molar-refractivity contribution in [2.24, 2.45) is 5.73 Å². The normalized spacial score (nSPS) is 11.2. The maximum Gasteiger partial charge on any atom is 0.379 e. The number of carboxylic acid groups (broad SMARTS) is 1. The molecule has 212 valence electrons. The van der Waals surface area contributed by atoms with Gasteiger partial charge in [-0.25, -0.2) is 9.59 Å². The number of benzene rings is 2. The number of nitrogens with one attached hydrogen (secondary N) is 1.